The summed E-state index contributed by atoms with van der Waals surface area (Å²) in [6.45, 7) is 12.8. The molecule has 5 nitrogen and oxygen atoms in total. The van der Waals surface area contributed by atoms with Gasteiger partial charge in [0, 0.05) is 16.6 Å². The molecule has 0 bridgehead atoms. The molecule has 0 aliphatic rings. The Hall–Kier alpha value is -1.76. The highest BCUT2D eigenvalue weighted by molar-refractivity contribution is 8.00. The fourth-order valence-electron chi connectivity index (χ4n) is 2.25. The van der Waals surface area contributed by atoms with Crippen molar-refractivity contribution in [2.75, 3.05) is 10.7 Å². The SMILES string of the molecule is C=CC(=O)OC(=O)CC(CSC(C)(C)C)N(C(=O)C=C)c1c(Cl)cccc1Cl. The van der Waals surface area contributed by atoms with E-state index in [1.165, 1.54) is 4.90 Å². The highest BCUT2D eigenvalue weighted by Crippen LogP contribution is 2.37. The van der Waals surface area contributed by atoms with Gasteiger partial charge in [0.05, 0.1) is 28.2 Å². The van der Waals surface area contributed by atoms with Gasteiger partial charge in [-0.2, -0.15) is 11.8 Å². The maximum absolute atomic E-state index is 12.7. The summed E-state index contributed by atoms with van der Waals surface area (Å²) < 4.78 is 4.55. The second-order valence-corrected chi connectivity index (χ2v) is 9.42. The molecule has 0 aliphatic heterocycles. The molecule has 1 aromatic carbocycles. The summed E-state index contributed by atoms with van der Waals surface area (Å²) in [6, 6.07) is 4.18. The molecule has 0 saturated carbocycles. The van der Waals surface area contributed by atoms with E-state index >= 15 is 0 Å². The predicted molar refractivity (Wildman–Crippen MR) is 116 cm³/mol. The van der Waals surface area contributed by atoms with Crippen molar-refractivity contribution >= 4 is 58.5 Å². The smallest absolute Gasteiger partial charge is 0.337 e. The highest BCUT2D eigenvalue weighted by Gasteiger charge is 2.31. The molecule has 28 heavy (non-hydrogen) atoms. The third kappa shape index (κ3) is 7.34. The number of carbonyl (C=O) groups is 3. The third-order valence-corrected chi connectivity index (χ3v) is 5.48. The number of hydrogen-bond donors (Lipinski definition) is 0. The molecular weight excluding hydrogens is 421 g/mol. The summed E-state index contributed by atoms with van der Waals surface area (Å²) in [5.74, 6) is -1.74. The topological polar surface area (TPSA) is 63.7 Å². The fraction of sp³-hybridized carbons (Fsp3) is 0.350. The van der Waals surface area contributed by atoms with Crippen LogP contribution in [0.4, 0.5) is 5.69 Å². The van der Waals surface area contributed by atoms with Crippen LogP contribution in [0.3, 0.4) is 0 Å². The number of esters is 2. The van der Waals surface area contributed by atoms with Crippen molar-refractivity contribution in [3.63, 3.8) is 0 Å². The Morgan fingerprint density at radius 3 is 2.21 bits per heavy atom. The van der Waals surface area contributed by atoms with Gasteiger partial charge >= 0.3 is 11.9 Å². The predicted octanol–water partition coefficient (Wildman–Crippen LogP) is 5.06. The summed E-state index contributed by atoms with van der Waals surface area (Å²) in [5.41, 5.74) is 0.276. The first-order chi connectivity index (χ1) is 13.0. The number of anilines is 1. The van der Waals surface area contributed by atoms with Crippen LogP contribution < -0.4 is 4.90 Å². The molecule has 1 rings (SSSR count). The van der Waals surface area contributed by atoms with Crippen molar-refractivity contribution in [1.82, 2.24) is 0 Å². The van der Waals surface area contributed by atoms with Crippen LogP contribution in [0.5, 0.6) is 0 Å². The largest absolute Gasteiger partial charge is 0.390 e. The van der Waals surface area contributed by atoms with Gasteiger partial charge in [-0.15, -0.1) is 0 Å². The van der Waals surface area contributed by atoms with Crippen LogP contribution in [0, 0.1) is 0 Å². The van der Waals surface area contributed by atoms with Crippen LogP contribution in [0.15, 0.2) is 43.5 Å². The van der Waals surface area contributed by atoms with E-state index in [4.69, 9.17) is 23.2 Å². The van der Waals surface area contributed by atoms with Crippen LogP contribution in [-0.4, -0.2) is 34.4 Å². The van der Waals surface area contributed by atoms with Gasteiger partial charge in [-0.05, 0) is 18.2 Å². The molecule has 0 aliphatic carbocycles. The molecule has 152 valence electrons. The van der Waals surface area contributed by atoms with E-state index in [9.17, 15) is 14.4 Å². The van der Waals surface area contributed by atoms with E-state index in [1.807, 2.05) is 20.8 Å². The zero-order valence-corrected chi connectivity index (χ0v) is 18.4. The summed E-state index contributed by atoms with van der Waals surface area (Å²) in [4.78, 5) is 37.6. The minimum Gasteiger partial charge on any atom is -0.390 e. The lowest BCUT2D eigenvalue weighted by atomic mass is 10.1. The number of ether oxygens (including phenoxy) is 1. The van der Waals surface area contributed by atoms with Crippen LogP contribution in [0.2, 0.25) is 10.0 Å². The van der Waals surface area contributed by atoms with Crippen LogP contribution in [-0.2, 0) is 19.1 Å². The normalized spacial score (nSPS) is 12.0. The molecule has 8 heteroatoms. The van der Waals surface area contributed by atoms with Gasteiger partial charge in [-0.1, -0.05) is 63.2 Å². The van der Waals surface area contributed by atoms with Crippen molar-refractivity contribution in [3.05, 3.63) is 53.6 Å². The molecule has 0 saturated heterocycles. The molecule has 0 spiro atoms. The second-order valence-electron chi connectivity index (χ2n) is 6.76. The Morgan fingerprint density at radius 2 is 1.75 bits per heavy atom. The first-order valence-electron chi connectivity index (χ1n) is 8.40. The van der Waals surface area contributed by atoms with Gasteiger partial charge in [0.1, 0.15) is 0 Å². The summed E-state index contributed by atoms with van der Waals surface area (Å²) in [6.07, 6.45) is 1.78. The summed E-state index contributed by atoms with van der Waals surface area (Å²) >= 11 is 14.1. The zero-order valence-electron chi connectivity index (χ0n) is 16.0. The molecule has 0 N–H and O–H groups in total. The minimum absolute atomic E-state index is 0.133. The quantitative estimate of drug-likeness (QED) is 0.319. The standard InChI is InChI=1S/C20H23Cl2NO4S/c1-6-16(24)23(19-14(21)9-8-10-15(19)22)13(12-28-20(3,4)5)11-18(26)27-17(25)7-2/h6-10,13H,1-2,11-12H2,3-5H3. The number of thioether (sulfide) groups is 1. The van der Waals surface area contributed by atoms with E-state index in [0.29, 0.717) is 5.75 Å². The van der Waals surface area contributed by atoms with Gasteiger partial charge in [-0.25, -0.2) is 4.79 Å². The molecule has 0 aromatic heterocycles. The Bertz CT molecular complexity index is 754. The average molecular weight is 444 g/mol. The number of para-hydroxylation sites is 1. The highest BCUT2D eigenvalue weighted by atomic mass is 35.5. The molecule has 0 radical (unpaired) electrons. The molecule has 1 atom stereocenters. The Labute approximate surface area is 179 Å². The van der Waals surface area contributed by atoms with Crippen LogP contribution >= 0.6 is 35.0 Å². The van der Waals surface area contributed by atoms with Crippen molar-refractivity contribution < 1.29 is 19.1 Å². The van der Waals surface area contributed by atoms with Crippen molar-refractivity contribution in [2.24, 2.45) is 0 Å². The van der Waals surface area contributed by atoms with Crippen LogP contribution in [0.25, 0.3) is 0 Å². The maximum atomic E-state index is 12.7. The molecule has 0 fully saturated rings. The number of carbonyl (C=O) groups excluding carboxylic acids is 3. The fourth-order valence-corrected chi connectivity index (χ4v) is 3.79. The summed E-state index contributed by atoms with van der Waals surface area (Å²) in [5, 5.41) is 0.507. The lowest BCUT2D eigenvalue weighted by Crippen LogP contribution is -2.44. The number of rotatable bonds is 8. The Morgan fingerprint density at radius 1 is 1.18 bits per heavy atom. The maximum Gasteiger partial charge on any atom is 0.337 e. The number of amides is 1. The van der Waals surface area contributed by atoms with Crippen molar-refractivity contribution in [2.45, 2.75) is 38.0 Å². The number of hydrogen-bond acceptors (Lipinski definition) is 5. The second kappa shape index (κ2) is 10.7. The van der Waals surface area contributed by atoms with Gasteiger partial charge in [0.25, 0.3) is 5.91 Å². The monoisotopic (exact) mass is 443 g/mol. The van der Waals surface area contributed by atoms with Crippen molar-refractivity contribution in [3.8, 4) is 0 Å². The van der Waals surface area contributed by atoms with Gasteiger partial charge in [0.2, 0.25) is 0 Å². The van der Waals surface area contributed by atoms with Crippen molar-refractivity contribution in [1.29, 1.82) is 0 Å². The first-order valence-corrected chi connectivity index (χ1v) is 10.1. The van der Waals surface area contributed by atoms with Gasteiger partial charge in [0.15, 0.2) is 0 Å². The third-order valence-electron chi connectivity index (χ3n) is 3.45. The lowest BCUT2D eigenvalue weighted by molar-refractivity contribution is -0.156. The number of benzene rings is 1. The molecular formula is C20H23Cl2NO4S. The lowest BCUT2D eigenvalue weighted by Gasteiger charge is -2.33. The van der Waals surface area contributed by atoms with E-state index in [1.54, 1.807) is 30.0 Å². The zero-order chi connectivity index (χ0) is 21.5. The Balaban J connectivity index is 3.35. The van der Waals surface area contributed by atoms with Gasteiger partial charge < -0.3 is 9.64 Å². The van der Waals surface area contributed by atoms with E-state index in [0.717, 1.165) is 12.2 Å². The van der Waals surface area contributed by atoms with E-state index in [-0.39, 0.29) is 26.9 Å². The number of nitrogens with zero attached hydrogens (tertiary/aromatic N) is 1. The molecule has 1 aromatic rings. The van der Waals surface area contributed by atoms with Gasteiger partial charge in [-0.3, -0.25) is 9.59 Å². The summed E-state index contributed by atoms with van der Waals surface area (Å²) in [7, 11) is 0. The average Bonchev–Trinajstić information content (AvgIpc) is 2.60. The minimum atomic E-state index is -0.857. The Kier molecular flexibility index (Phi) is 9.27. The first kappa shape index (κ1) is 24.3. The van der Waals surface area contributed by atoms with E-state index < -0.39 is 23.9 Å². The molecule has 1 unspecified atom stereocenters. The van der Waals surface area contributed by atoms with E-state index in [2.05, 4.69) is 17.9 Å². The molecule has 1 amide bonds. The van der Waals surface area contributed by atoms with Crippen LogP contribution in [0.1, 0.15) is 27.2 Å². The number of halogens is 2. The molecule has 0 heterocycles.